The average molecular weight is 401 g/mol. The van der Waals surface area contributed by atoms with Crippen molar-refractivity contribution in [1.82, 2.24) is 9.80 Å². The van der Waals surface area contributed by atoms with Gasteiger partial charge in [0.1, 0.15) is 12.7 Å². The number of nitrogens with zero attached hydrogens (tertiary/aromatic N) is 2. The van der Waals surface area contributed by atoms with Crippen LogP contribution >= 0.6 is 0 Å². The number of likely N-dealkylation sites (N-methyl/N-ethyl adjacent to an activating group) is 1. The normalized spacial score (nSPS) is 16.0. The van der Waals surface area contributed by atoms with Crippen molar-refractivity contribution < 1.29 is 19.3 Å². The van der Waals surface area contributed by atoms with Crippen LogP contribution in [0.3, 0.4) is 0 Å². The van der Waals surface area contributed by atoms with Gasteiger partial charge in [0.2, 0.25) is 0 Å². The van der Waals surface area contributed by atoms with Crippen LogP contribution in [0.2, 0.25) is 0 Å². The minimum atomic E-state index is -0.587. The van der Waals surface area contributed by atoms with E-state index in [9.17, 15) is 5.11 Å². The summed E-state index contributed by atoms with van der Waals surface area (Å²) in [5.74, 6) is 1.35. The van der Waals surface area contributed by atoms with E-state index in [1.54, 1.807) is 7.11 Å². The number of benzene rings is 2. The minimum Gasteiger partial charge on any atom is -0.493 e. The number of hydrogen-bond acceptors (Lipinski definition) is 6. The maximum Gasteiger partial charge on any atom is 0.161 e. The Kier molecular flexibility index (Phi) is 8.31. The molecular formula is C23H32N2O4. The number of methoxy groups -OCH3 is 1. The molecule has 0 saturated carbocycles. The largest absolute Gasteiger partial charge is 0.493 e. The van der Waals surface area contributed by atoms with Gasteiger partial charge in [-0.1, -0.05) is 36.4 Å². The molecule has 29 heavy (non-hydrogen) atoms. The van der Waals surface area contributed by atoms with E-state index in [0.717, 1.165) is 39.4 Å². The first kappa shape index (κ1) is 21.6. The summed E-state index contributed by atoms with van der Waals surface area (Å²) >= 11 is 0. The van der Waals surface area contributed by atoms with Crippen LogP contribution in [0.4, 0.5) is 0 Å². The van der Waals surface area contributed by atoms with Gasteiger partial charge in [-0.15, -0.1) is 0 Å². The number of morpholine rings is 1. The molecule has 1 fully saturated rings. The van der Waals surface area contributed by atoms with Crippen molar-refractivity contribution in [3.8, 4) is 11.5 Å². The summed E-state index contributed by atoms with van der Waals surface area (Å²) in [6.07, 6.45) is -0.587. The standard InChI is InChI=1S/C23H32N2O4/c1-24(15-19-6-4-3-5-7-19)17-21(26)18-29-23-14-20(8-9-22(23)27-2)16-25-10-12-28-13-11-25/h3-9,14,21,26H,10-13,15-18H2,1-2H3. The highest BCUT2D eigenvalue weighted by atomic mass is 16.5. The lowest BCUT2D eigenvalue weighted by atomic mass is 10.2. The summed E-state index contributed by atoms with van der Waals surface area (Å²) in [6, 6.07) is 16.2. The highest BCUT2D eigenvalue weighted by Crippen LogP contribution is 2.29. The lowest BCUT2D eigenvalue weighted by Crippen LogP contribution is -2.35. The van der Waals surface area contributed by atoms with Gasteiger partial charge in [-0.05, 0) is 30.3 Å². The maximum atomic E-state index is 10.4. The molecule has 158 valence electrons. The Bertz CT molecular complexity index is 735. The van der Waals surface area contributed by atoms with Gasteiger partial charge < -0.3 is 19.3 Å². The molecule has 3 rings (SSSR count). The second-order valence-electron chi connectivity index (χ2n) is 7.52. The van der Waals surface area contributed by atoms with E-state index >= 15 is 0 Å². The first-order valence-electron chi connectivity index (χ1n) is 10.1. The quantitative estimate of drug-likeness (QED) is 0.661. The van der Waals surface area contributed by atoms with Crippen LogP contribution in [0.1, 0.15) is 11.1 Å². The first-order chi connectivity index (χ1) is 14.1. The summed E-state index contributed by atoms with van der Waals surface area (Å²) < 4.78 is 16.8. The van der Waals surface area contributed by atoms with Crippen molar-refractivity contribution in [2.24, 2.45) is 0 Å². The Labute approximate surface area is 173 Å². The van der Waals surface area contributed by atoms with Crippen LogP contribution < -0.4 is 9.47 Å². The molecule has 0 spiro atoms. The fraction of sp³-hybridized carbons (Fsp3) is 0.478. The van der Waals surface area contributed by atoms with Crippen LogP contribution in [-0.4, -0.2) is 74.6 Å². The monoisotopic (exact) mass is 400 g/mol. The molecule has 1 unspecified atom stereocenters. The van der Waals surface area contributed by atoms with Crippen molar-refractivity contribution >= 4 is 0 Å². The van der Waals surface area contributed by atoms with Gasteiger partial charge in [0.05, 0.1) is 20.3 Å². The summed E-state index contributed by atoms with van der Waals surface area (Å²) in [5, 5.41) is 10.4. The van der Waals surface area contributed by atoms with Gasteiger partial charge in [0, 0.05) is 32.7 Å². The third-order valence-electron chi connectivity index (χ3n) is 4.99. The molecule has 2 aromatic carbocycles. The first-order valence-corrected chi connectivity index (χ1v) is 10.1. The molecule has 0 amide bonds. The summed E-state index contributed by atoms with van der Waals surface area (Å²) in [7, 11) is 3.63. The van der Waals surface area contributed by atoms with Gasteiger partial charge in [0.15, 0.2) is 11.5 Å². The fourth-order valence-electron chi connectivity index (χ4n) is 3.51. The van der Waals surface area contributed by atoms with E-state index in [4.69, 9.17) is 14.2 Å². The van der Waals surface area contributed by atoms with Crippen LogP contribution in [0.5, 0.6) is 11.5 Å². The van der Waals surface area contributed by atoms with Crippen molar-refractivity contribution in [1.29, 1.82) is 0 Å². The second-order valence-corrected chi connectivity index (χ2v) is 7.52. The Morgan fingerprint density at radius 1 is 1.07 bits per heavy atom. The molecule has 6 heteroatoms. The predicted octanol–water partition coefficient (Wildman–Crippen LogP) is 2.40. The van der Waals surface area contributed by atoms with E-state index < -0.39 is 6.10 Å². The molecule has 2 aromatic rings. The summed E-state index contributed by atoms with van der Waals surface area (Å²) in [5.41, 5.74) is 2.39. The Morgan fingerprint density at radius 3 is 2.55 bits per heavy atom. The van der Waals surface area contributed by atoms with Gasteiger partial charge in [0.25, 0.3) is 0 Å². The van der Waals surface area contributed by atoms with Gasteiger partial charge in [-0.25, -0.2) is 0 Å². The molecule has 0 aromatic heterocycles. The molecule has 1 aliphatic heterocycles. The van der Waals surface area contributed by atoms with E-state index in [-0.39, 0.29) is 6.61 Å². The van der Waals surface area contributed by atoms with Crippen LogP contribution in [0, 0.1) is 0 Å². The molecule has 0 radical (unpaired) electrons. The smallest absolute Gasteiger partial charge is 0.161 e. The summed E-state index contributed by atoms with van der Waals surface area (Å²) in [6.45, 7) is 5.83. The molecule has 1 aliphatic rings. The summed E-state index contributed by atoms with van der Waals surface area (Å²) in [4.78, 5) is 4.46. The number of hydrogen-bond donors (Lipinski definition) is 1. The molecule has 6 nitrogen and oxygen atoms in total. The molecular weight excluding hydrogens is 368 g/mol. The number of rotatable bonds is 10. The molecule has 0 bridgehead atoms. The highest BCUT2D eigenvalue weighted by molar-refractivity contribution is 5.43. The molecule has 1 saturated heterocycles. The average Bonchev–Trinajstić information content (AvgIpc) is 2.74. The number of aliphatic hydroxyl groups excluding tert-OH is 1. The number of aliphatic hydroxyl groups is 1. The lowest BCUT2D eigenvalue weighted by Gasteiger charge is -2.27. The zero-order chi connectivity index (χ0) is 20.5. The van der Waals surface area contributed by atoms with E-state index in [2.05, 4.69) is 28.0 Å². The Morgan fingerprint density at radius 2 is 1.83 bits per heavy atom. The van der Waals surface area contributed by atoms with E-state index in [0.29, 0.717) is 18.0 Å². The fourth-order valence-corrected chi connectivity index (χ4v) is 3.51. The zero-order valence-corrected chi connectivity index (χ0v) is 17.4. The third-order valence-corrected chi connectivity index (χ3v) is 4.99. The molecule has 1 atom stereocenters. The van der Waals surface area contributed by atoms with Crippen LogP contribution in [0.25, 0.3) is 0 Å². The third kappa shape index (κ3) is 7.01. The molecule has 1 heterocycles. The van der Waals surface area contributed by atoms with E-state index in [1.807, 2.05) is 37.4 Å². The highest BCUT2D eigenvalue weighted by Gasteiger charge is 2.15. The topological polar surface area (TPSA) is 54.4 Å². The van der Waals surface area contributed by atoms with Crippen molar-refractivity contribution in [3.63, 3.8) is 0 Å². The van der Waals surface area contributed by atoms with Crippen molar-refractivity contribution in [2.75, 3.05) is 53.6 Å². The van der Waals surface area contributed by atoms with Crippen LogP contribution in [-0.2, 0) is 17.8 Å². The Hall–Kier alpha value is -2.12. The van der Waals surface area contributed by atoms with Crippen molar-refractivity contribution in [3.05, 3.63) is 59.7 Å². The van der Waals surface area contributed by atoms with Crippen LogP contribution in [0.15, 0.2) is 48.5 Å². The maximum absolute atomic E-state index is 10.4. The number of ether oxygens (including phenoxy) is 3. The predicted molar refractivity (Wildman–Crippen MR) is 113 cm³/mol. The van der Waals surface area contributed by atoms with Gasteiger partial charge in [-0.2, -0.15) is 0 Å². The minimum absolute atomic E-state index is 0.219. The van der Waals surface area contributed by atoms with Crippen molar-refractivity contribution in [2.45, 2.75) is 19.2 Å². The van der Waals surface area contributed by atoms with Gasteiger partial charge in [-0.3, -0.25) is 9.80 Å². The lowest BCUT2D eigenvalue weighted by molar-refractivity contribution is 0.0341. The second kappa shape index (κ2) is 11.2. The molecule has 1 N–H and O–H groups in total. The zero-order valence-electron chi connectivity index (χ0n) is 17.4. The van der Waals surface area contributed by atoms with Gasteiger partial charge >= 0.3 is 0 Å². The Balaban J connectivity index is 1.51. The molecule has 0 aliphatic carbocycles. The SMILES string of the molecule is COc1ccc(CN2CCOCC2)cc1OCC(O)CN(C)Cc1ccccc1. The van der Waals surface area contributed by atoms with E-state index in [1.165, 1.54) is 11.1 Å².